The van der Waals surface area contributed by atoms with Crippen LogP contribution in [0.1, 0.15) is 0 Å². The monoisotopic (exact) mass is 760 g/mol. The molecule has 0 aliphatic carbocycles. The van der Waals surface area contributed by atoms with E-state index in [-0.39, 0.29) is 0 Å². The van der Waals surface area contributed by atoms with Crippen LogP contribution in [-0.4, -0.2) is 17.9 Å². The summed E-state index contributed by atoms with van der Waals surface area (Å²) in [6.45, 7) is 0. The summed E-state index contributed by atoms with van der Waals surface area (Å²) < 4.78 is 10.1. The lowest BCUT2D eigenvalue weighted by Gasteiger charge is -2.15. The number of hydrogen-bond acceptors (Lipinski definition) is 0. The second kappa shape index (κ2) is 10.9. The Balaban J connectivity index is 1.16. The molecule has 0 fully saturated rings. The third-order valence-corrected chi connectivity index (χ3v) is 13.6. The molecule has 10 aromatic carbocycles. The Kier molecular flexibility index (Phi) is 5.63. The number of rotatable bonds is 2. The van der Waals surface area contributed by atoms with E-state index in [0.29, 0.717) is 0 Å². The van der Waals surface area contributed by atoms with Gasteiger partial charge in [0.1, 0.15) is 0 Å². The maximum atomic E-state index is 2.57. The fourth-order valence-electron chi connectivity index (χ4n) is 11.4. The zero-order valence-corrected chi connectivity index (χ0v) is 32.3. The second-order valence-electron chi connectivity index (χ2n) is 16.4. The number of para-hydroxylation sites is 6. The topological polar surface area (TPSA) is 18.7 Å². The number of aromatic nitrogens is 4. The van der Waals surface area contributed by atoms with Crippen LogP contribution in [0.3, 0.4) is 0 Å². The van der Waals surface area contributed by atoms with Gasteiger partial charge in [0.2, 0.25) is 0 Å². The number of benzene rings is 10. The molecule has 5 heterocycles. The zero-order chi connectivity index (χ0) is 38.8. The average Bonchev–Trinajstić information content (AvgIpc) is 4.04. The molecule has 4 nitrogen and oxygen atoms in total. The van der Waals surface area contributed by atoms with Crippen LogP contribution in [-0.2, 0) is 0 Å². The molecule has 0 saturated heterocycles. The van der Waals surface area contributed by atoms with Gasteiger partial charge in [0.25, 0.3) is 0 Å². The summed E-state index contributed by atoms with van der Waals surface area (Å²) in [6.07, 6.45) is 0. The Labute approximate surface area is 341 Å². The largest absolute Gasteiger partial charge is 0.309 e. The first-order chi connectivity index (χ1) is 29.8. The van der Waals surface area contributed by atoms with Crippen molar-refractivity contribution in [2.75, 3.05) is 0 Å². The predicted molar refractivity (Wildman–Crippen MR) is 253 cm³/mol. The van der Waals surface area contributed by atoms with E-state index in [4.69, 9.17) is 0 Å². The lowest BCUT2D eigenvalue weighted by atomic mass is 10.0. The van der Waals surface area contributed by atoms with Crippen molar-refractivity contribution >= 4 is 120 Å². The Hall–Kier alpha value is -8.08. The third-order valence-electron chi connectivity index (χ3n) is 13.6. The van der Waals surface area contributed by atoms with Crippen LogP contribution in [0.2, 0.25) is 0 Å². The van der Waals surface area contributed by atoms with Crippen LogP contribution in [0, 0.1) is 0 Å². The van der Waals surface area contributed by atoms with E-state index >= 15 is 0 Å². The molecular weight excluding hydrogens is 729 g/mol. The molecule has 0 spiro atoms. The highest BCUT2D eigenvalue weighted by Gasteiger charge is 2.26. The standard InChI is InChI=1S/C56H32N4/c1-3-21-39-37(19-1)49(57-43-25-9-5-15-33(43)34-16-6-10-26-44(34)57)31-51-53(39)41-23-13-29-47-55(41)59(51)48-30-14-24-42-54-40-22-4-2-20-38(40)50(32-52(54)60(47)56(42)48)58-45-27-11-7-17-35(45)36-18-8-12-28-46(36)58/h1-32H. The molecule has 60 heavy (non-hydrogen) atoms. The number of nitrogens with zero attached hydrogens (tertiary/aromatic N) is 4. The fraction of sp³-hybridized carbons (Fsp3) is 0. The molecule has 0 radical (unpaired) electrons. The van der Waals surface area contributed by atoms with Crippen molar-refractivity contribution in [2.45, 2.75) is 0 Å². The van der Waals surface area contributed by atoms with Gasteiger partial charge in [-0.2, -0.15) is 0 Å². The average molecular weight is 761 g/mol. The van der Waals surface area contributed by atoms with Crippen molar-refractivity contribution in [1.82, 2.24) is 17.9 Å². The Bertz CT molecular complexity index is 3970. The molecular formula is C56H32N4. The minimum absolute atomic E-state index is 1.19. The lowest BCUT2D eigenvalue weighted by molar-refractivity contribution is 1.19. The summed E-state index contributed by atoms with van der Waals surface area (Å²) in [7, 11) is 0. The van der Waals surface area contributed by atoms with Crippen molar-refractivity contribution in [3.05, 3.63) is 194 Å². The first-order valence-electron chi connectivity index (χ1n) is 20.8. The van der Waals surface area contributed by atoms with Crippen LogP contribution in [0.15, 0.2) is 194 Å². The van der Waals surface area contributed by atoms with E-state index in [1.807, 2.05) is 0 Å². The number of hydrogen-bond donors (Lipinski definition) is 0. The maximum Gasteiger partial charge on any atom is 0.0783 e. The molecule has 0 N–H and O–H groups in total. The highest BCUT2D eigenvalue weighted by Crippen LogP contribution is 2.47. The van der Waals surface area contributed by atoms with Gasteiger partial charge in [0, 0.05) is 53.9 Å². The van der Waals surface area contributed by atoms with Gasteiger partial charge in [-0.3, -0.25) is 0 Å². The molecule has 0 bridgehead atoms. The van der Waals surface area contributed by atoms with Gasteiger partial charge >= 0.3 is 0 Å². The molecule has 0 amide bonds. The molecule has 0 aliphatic heterocycles. The minimum Gasteiger partial charge on any atom is -0.309 e. The minimum atomic E-state index is 1.19. The molecule has 5 aromatic heterocycles. The SMILES string of the molecule is c1ccc2c(c1)c(-n1c3ccccc3c3ccccc31)cc1c2c2cccc3c2n1c1cccc2c4c5ccccc5c(-n5c6ccccc6c6ccccc65)cc4n3c21. The van der Waals surface area contributed by atoms with Gasteiger partial charge in [-0.05, 0) is 59.3 Å². The first-order valence-corrected chi connectivity index (χ1v) is 20.8. The molecule has 15 aromatic rings. The molecule has 0 unspecified atom stereocenters. The zero-order valence-electron chi connectivity index (χ0n) is 32.3. The van der Waals surface area contributed by atoms with E-state index in [2.05, 4.69) is 212 Å². The molecule has 0 saturated carbocycles. The van der Waals surface area contributed by atoms with Gasteiger partial charge < -0.3 is 17.9 Å². The van der Waals surface area contributed by atoms with Crippen LogP contribution < -0.4 is 0 Å². The van der Waals surface area contributed by atoms with E-state index in [1.54, 1.807) is 0 Å². The van der Waals surface area contributed by atoms with Gasteiger partial charge in [-0.15, -0.1) is 0 Å². The maximum absolute atomic E-state index is 2.57. The molecule has 0 atom stereocenters. The third kappa shape index (κ3) is 3.61. The molecule has 0 aliphatic rings. The first kappa shape index (κ1) is 31.0. The van der Waals surface area contributed by atoms with Crippen molar-refractivity contribution in [2.24, 2.45) is 0 Å². The quantitative estimate of drug-likeness (QED) is 0.156. The highest BCUT2D eigenvalue weighted by molar-refractivity contribution is 6.31. The Morgan fingerprint density at radius 1 is 0.217 bits per heavy atom. The van der Waals surface area contributed by atoms with Crippen LogP contribution in [0.25, 0.3) is 131 Å². The summed E-state index contributed by atoms with van der Waals surface area (Å²) in [6, 6.07) is 72.2. The predicted octanol–water partition coefficient (Wildman–Crippen LogP) is 14.7. The molecule has 15 rings (SSSR count). The van der Waals surface area contributed by atoms with E-state index in [9.17, 15) is 0 Å². The van der Waals surface area contributed by atoms with Gasteiger partial charge in [-0.1, -0.05) is 146 Å². The van der Waals surface area contributed by atoms with Gasteiger partial charge in [0.15, 0.2) is 0 Å². The Morgan fingerprint density at radius 2 is 0.500 bits per heavy atom. The van der Waals surface area contributed by atoms with Gasteiger partial charge in [0.05, 0.1) is 66.5 Å². The van der Waals surface area contributed by atoms with Crippen LogP contribution in [0.5, 0.6) is 0 Å². The summed E-state index contributed by atoms with van der Waals surface area (Å²) in [5.41, 5.74) is 14.6. The summed E-state index contributed by atoms with van der Waals surface area (Å²) in [5.74, 6) is 0. The normalized spacial score (nSPS) is 12.7. The molecule has 276 valence electrons. The van der Waals surface area contributed by atoms with E-state index < -0.39 is 0 Å². The van der Waals surface area contributed by atoms with Crippen molar-refractivity contribution in [3.63, 3.8) is 0 Å². The smallest absolute Gasteiger partial charge is 0.0783 e. The molecule has 4 heteroatoms. The van der Waals surface area contributed by atoms with E-state index in [1.165, 1.54) is 131 Å². The fourth-order valence-corrected chi connectivity index (χ4v) is 11.4. The van der Waals surface area contributed by atoms with Crippen molar-refractivity contribution in [3.8, 4) is 11.4 Å². The summed E-state index contributed by atoms with van der Waals surface area (Å²) in [5, 5.41) is 15.2. The Morgan fingerprint density at radius 3 is 0.867 bits per heavy atom. The van der Waals surface area contributed by atoms with E-state index in [0.717, 1.165) is 0 Å². The highest BCUT2D eigenvalue weighted by atomic mass is 15.0. The van der Waals surface area contributed by atoms with Crippen LogP contribution in [0.4, 0.5) is 0 Å². The lowest BCUT2D eigenvalue weighted by Crippen LogP contribution is -1.99. The summed E-state index contributed by atoms with van der Waals surface area (Å²) >= 11 is 0. The van der Waals surface area contributed by atoms with Gasteiger partial charge in [-0.25, -0.2) is 0 Å². The number of fused-ring (bicyclic) bond motifs is 18. The van der Waals surface area contributed by atoms with Crippen LogP contribution >= 0.6 is 0 Å². The summed E-state index contributed by atoms with van der Waals surface area (Å²) in [4.78, 5) is 0. The van der Waals surface area contributed by atoms with Crippen molar-refractivity contribution < 1.29 is 0 Å². The van der Waals surface area contributed by atoms with Crippen molar-refractivity contribution in [1.29, 1.82) is 0 Å². The second-order valence-corrected chi connectivity index (χ2v) is 16.4.